The van der Waals surface area contributed by atoms with Gasteiger partial charge in [-0.05, 0) is 16.9 Å². The van der Waals surface area contributed by atoms with Crippen molar-refractivity contribution >= 4 is 0 Å². The molecule has 1 saturated heterocycles. The fraction of sp³-hybridized carbons (Fsp3) is 0.600. The highest BCUT2D eigenvalue weighted by Crippen LogP contribution is 2.37. The van der Waals surface area contributed by atoms with Gasteiger partial charge >= 0.3 is 0 Å². The summed E-state index contributed by atoms with van der Waals surface area (Å²) in [5, 5.41) is 9.56. The average molecular weight is 233 g/mol. The van der Waals surface area contributed by atoms with Crippen LogP contribution >= 0.6 is 0 Å². The molecule has 0 spiro atoms. The van der Waals surface area contributed by atoms with E-state index in [-0.39, 0.29) is 12.6 Å². The summed E-state index contributed by atoms with van der Waals surface area (Å²) < 4.78 is 0. The highest BCUT2D eigenvalue weighted by atomic mass is 16.3. The predicted octanol–water partition coefficient (Wildman–Crippen LogP) is 2.70. The van der Waals surface area contributed by atoms with E-state index in [2.05, 4.69) is 37.8 Å². The lowest BCUT2D eigenvalue weighted by molar-refractivity contribution is -0.0245. The second kappa shape index (κ2) is 4.79. The van der Waals surface area contributed by atoms with Gasteiger partial charge in [0, 0.05) is 13.1 Å². The van der Waals surface area contributed by atoms with E-state index in [0.717, 1.165) is 19.0 Å². The van der Waals surface area contributed by atoms with Crippen LogP contribution in [0.3, 0.4) is 0 Å². The molecule has 1 heterocycles. The fourth-order valence-corrected chi connectivity index (χ4v) is 2.42. The zero-order valence-electron chi connectivity index (χ0n) is 11.1. The first-order valence-electron chi connectivity index (χ1n) is 6.42. The summed E-state index contributed by atoms with van der Waals surface area (Å²) in [5.74, 6) is 0.750. The second-order valence-corrected chi connectivity index (χ2v) is 6.13. The fourth-order valence-electron chi connectivity index (χ4n) is 2.42. The molecule has 2 heteroatoms. The highest BCUT2D eigenvalue weighted by Gasteiger charge is 2.38. The van der Waals surface area contributed by atoms with Gasteiger partial charge in [-0.2, -0.15) is 0 Å². The van der Waals surface area contributed by atoms with Gasteiger partial charge in [0.1, 0.15) is 0 Å². The molecule has 0 unspecified atom stereocenters. The number of aliphatic hydroxyl groups is 1. The van der Waals surface area contributed by atoms with E-state index in [9.17, 15) is 5.11 Å². The summed E-state index contributed by atoms with van der Waals surface area (Å²) in [6.07, 6.45) is 0. The molecule has 0 aromatic heterocycles. The molecule has 17 heavy (non-hydrogen) atoms. The number of likely N-dealkylation sites (tertiary alicyclic amines) is 1. The summed E-state index contributed by atoms with van der Waals surface area (Å²) >= 11 is 0. The monoisotopic (exact) mass is 233 g/mol. The van der Waals surface area contributed by atoms with Crippen molar-refractivity contribution in [1.29, 1.82) is 0 Å². The Kier molecular flexibility index (Phi) is 3.55. The Bertz CT molecular complexity index is 349. The first kappa shape index (κ1) is 12.6. The van der Waals surface area contributed by atoms with Crippen LogP contribution in [0.25, 0.3) is 0 Å². The first-order chi connectivity index (χ1) is 8.02. The van der Waals surface area contributed by atoms with Crippen molar-refractivity contribution in [1.82, 2.24) is 4.90 Å². The molecule has 1 aliphatic heterocycles. The quantitative estimate of drug-likeness (QED) is 0.867. The number of hydrogen-bond donors (Lipinski definition) is 1. The number of aliphatic hydroxyl groups excluding tert-OH is 1. The third-order valence-electron chi connectivity index (χ3n) is 3.93. The van der Waals surface area contributed by atoms with Gasteiger partial charge in [-0.3, -0.25) is 4.90 Å². The molecule has 0 aliphatic carbocycles. The number of rotatable bonds is 3. The van der Waals surface area contributed by atoms with Crippen LogP contribution in [0.15, 0.2) is 30.3 Å². The largest absolute Gasteiger partial charge is 0.394 e. The number of benzene rings is 1. The van der Waals surface area contributed by atoms with E-state index >= 15 is 0 Å². The molecule has 1 aromatic rings. The minimum atomic E-state index is 0.176. The molecule has 2 rings (SSSR count). The smallest absolute Gasteiger partial charge is 0.0628 e. The van der Waals surface area contributed by atoms with E-state index in [1.807, 2.05) is 18.2 Å². The van der Waals surface area contributed by atoms with Crippen LogP contribution in [-0.4, -0.2) is 29.7 Å². The Morgan fingerprint density at radius 1 is 1.24 bits per heavy atom. The molecule has 0 saturated carbocycles. The van der Waals surface area contributed by atoms with E-state index in [1.54, 1.807) is 0 Å². The van der Waals surface area contributed by atoms with Crippen LogP contribution in [0.1, 0.15) is 32.4 Å². The van der Waals surface area contributed by atoms with Crippen molar-refractivity contribution in [2.45, 2.75) is 26.8 Å². The Balaban J connectivity index is 1.99. The third-order valence-corrected chi connectivity index (χ3v) is 3.93. The van der Waals surface area contributed by atoms with Crippen LogP contribution in [0, 0.1) is 11.3 Å². The molecular formula is C15H23NO. The van der Waals surface area contributed by atoms with Crippen LogP contribution < -0.4 is 0 Å². The summed E-state index contributed by atoms with van der Waals surface area (Å²) in [5.41, 5.74) is 1.61. The van der Waals surface area contributed by atoms with E-state index in [0.29, 0.717) is 5.41 Å². The van der Waals surface area contributed by atoms with Gasteiger partial charge in [0.15, 0.2) is 0 Å². The zero-order chi connectivity index (χ0) is 12.5. The van der Waals surface area contributed by atoms with Gasteiger partial charge < -0.3 is 5.11 Å². The number of nitrogens with zero attached hydrogens (tertiary/aromatic N) is 1. The Labute approximate surface area is 104 Å². The average Bonchev–Trinajstić information content (AvgIpc) is 2.22. The van der Waals surface area contributed by atoms with E-state index in [4.69, 9.17) is 0 Å². The van der Waals surface area contributed by atoms with Gasteiger partial charge in [0.05, 0.1) is 12.6 Å². The highest BCUT2D eigenvalue weighted by molar-refractivity contribution is 5.20. The molecule has 94 valence electrons. The molecule has 0 amide bonds. The topological polar surface area (TPSA) is 23.5 Å². The summed E-state index contributed by atoms with van der Waals surface area (Å²) in [6.45, 7) is 9.30. The molecule has 1 atom stereocenters. The van der Waals surface area contributed by atoms with Crippen LogP contribution in [-0.2, 0) is 0 Å². The van der Waals surface area contributed by atoms with Crippen LogP contribution in [0.4, 0.5) is 0 Å². The molecule has 2 nitrogen and oxygen atoms in total. The van der Waals surface area contributed by atoms with Gasteiger partial charge in [0.25, 0.3) is 0 Å². The second-order valence-electron chi connectivity index (χ2n) is 6.13. The van der Waals surface area contributed by atoms with Crippen LogP contribution in [0.5, 0.6) is 0 Å². The minimum Gasteiger partial charge on any atom is -0.394 e. The first-order valence-corrected chi connectivity index (χ1v) is 6.42. The lowest BCUT2D eigenvalue weighted by Gasteiger charge is -2.49. The molecule has 1 fully saturated rings. The van der Waals surface area contributed by atoms with E-state index in [1.165, 1.54) is 5.56 Å². The third kappa shape index (κ3) is 2.70. The summed E-state index contributed by atoms with van der Waals surface area (Å²) in [6, 6.07) is 10.5. The summed E-state index contributed by atoms with van der Waals surface area (Å²) in [4.78, 5) is 2.38. The molecule has 1 N–H and O–H groups in total. The Hall–Kier alpha value is -0.860. The van der Waals surface area contributed by atoms with Crippen molar-refractivity contribution in [2.24, 2.45) is 11.3 Å². The Morgan fingerprint density at radius 3 is 2.29 bits per heavy atom. The van der Waals surface area contributed by atoms with Crippen molar-refractivity contribution in [3.63, 3.8) is 0 Å². The Morgan fingerprint density at radius 2 is 1.82 bits per heavy atom. The maximum absolute atomic E-state index is 9.56. The molecule has 0 bridgehead atoms. The lowest BCUT2D eigenvalue weighted by Crippen LogP contribution is -2.53. The number of hydrogen-bond acceptors (Lipinski definition) is 2. The molecule has 1 aromatic carbocycles. The minimum absolute atomic E-state index is 0.176. The van der Waals surface area contributed by atoms with Crippen molar-refractivity contribution in [2.75, 3.05) is 19.7 Å². The van der Waals surface area contributed by atoms with Crippen molar-refractivity contribution in [3.05, 3.63) is 35.9 Å². The summed E-state index contributed by atoms with van der Waals surface area (Å²) in [7, 11) is 0. The molecule has 1 aliphatic rings. The van der Waals surface area contributed by atoms with Crippen molar-refractivity contribution in [3.8, 4) is 0 Å². The molecule has 0 radical (unpaired) electrons. The normalized spacial score (nSPS) is 20.0. The maximum Gasteiger partial charge on any atom is 0.0628 e. The van der Waals surface area contributed by atoms with Gasteiger partial charge in [0.2, 0.25) is 0 Å². The van der Waals surface area contributed by atoms with Crippen LogP contribution in [0.2, 0.25) is 0 Å². The predicted molar refractivity (Wildman–Crippen MR) is 70.8 cm³/mol. The standard InChI is InChI=1S/C15H23NO/c1-15(2,3)13-9-16(10-13)14(11-17)12-7-5-4-6-8-12/h4-8,13-14,17H,9-11H2,1-3H3/t14-/m1/s1. The zero-order valence-corrected chi connectivity index (χ0v) is 11.1. The van der Waals surface area contributed by atoms with Gasteiger partial charge in [-0.1, -0.05) is 51.1 Å². The van der Waals surface area contributed by atoms with Gasteiger partial charge in [-0.15, -0.1) is 0 Å². The van der Waals surface area contributed by atoms with E-state index < -0.39 is 0 Å². The lowest BCUT2D eigenvalue weighted by atomic mass is 9.75. The van der Waals surface area contributed by atoms with Gasteiger partial charge in [-0.25, -0.2) is 0 Å². The van der Waals surface area contributed by atoms with Crippen molar-refractivity contribution < 1.29 is 5.11 Å². The molecular weight excluding hydrogens is 210 g/mol. The maximum atomic E-state index is 9.56. The SMILES string of the molecule is CC(C)(C)C1CN([C@H](CO)c2ccccc2)C1.